The van der Waals surface area contributed by atoms with Gasteiger partial charge in [0.1, 0.15) is 5.69 Å². The standard InChI is InChI=1S/C14H11BrCl2N6O/c15-7-5-8(16)11(9(17)6-7)23-20-10-12(21-23)18-14(19-13(10)24)22-3-1-2-4-22/h5-6H,1-4H2,(H,18,19,21,24). The van der Waals surface area contributed by atoms with E-state index in [1.165, 1.54) is 4.80 Å². The van der Waals surface area contributed by atoms with Gasteiger partial charge in [0.05, 0.1) is 10.0 Å². The maximum Gasteiger partial charge on any atom is 0.282 e. The number of halogens is 3. The molecule has 0 aliphatic carbocycles. The zero-order valence-corrected chi connectivity index (χ0v) is 15.4. The average Bonchev–Trinajstić information content (AvgIpc) is 3.14. The molecule has 4 rings (SSSR count). The zero-order valence-electron chi connectivity index (χ0n) is 12.3. The second kappa shape index (κ2) is 6.02. The number of aromatic nitrogens is 5. The number of rotatable bonds is 2. The topological polar surface area (TPSA) is 79.7 Å². The predicted octanol–water partition coefficient (Wildman–Crippen LogP) is 3.17. The van der Waals surface area contributed by atoms with Crippen molar-refractivity contribution in [1.82, 2.24) is 25.0 Å². The van der Waals surface area contributed by atoms with E-state index in [0.717, 1.165) is 30.4 Å². The van der Waals surface area contributed by atoms with Crippen molar-refractivity contribution in [3.8, 4) is 5.69 Å². The van der Waals surface area contributed by atoms with Gasteiger partial charge in [-0.05, 0) is 25.0 Å². The molecule has 1 fully saturated rings. The molecule has 0 amide bonds. The monoisotopic (exact) mass is 428 g/mol. The number of benzene rings is 1. The summed E-state index contributed by atoms with van der Waals surface area (Å²) in [5.74, 6) is 0.519. The fourth-order valence-electron chi connectivity index (χ4n) is 2.71. The molecule has 2 aromatic heterocycles. The van der Waals surface area contributed by atoms with Gasteiger partial charge in [0.25, 0.3) is 5.56 Å². The lowest BCUT2D eigenvalue weighted by atomic mass is 10.3. The molecule has 1 aliphatic rings. The van der Waals surface area contributed by atoms with Gasteiger partial charge in [-0.2, -0.15) is 4.98 Å². The Hall–Kier alpha value is -1.64. The Kier molecular flexibility index (Phi) is 3.98. The first kappa shape index (κ1) is 15.9. The van der Waals surface area contributed by atoms with Crippen molar-refractivity contribution in [3.05, 3.63) is 37.0 Å². The molecule has 0 saturated carbocycles. The first-order valence-corrected chi connectivity index (χ1v) is 8.85. The summed E-state index contributed by atoms with van der Waals surface area (Å²) in [6.45, 7) is 1.74. The molecule has 1 aromatic carbocycles. The summed E-state index contributed by atoms with van der Waals surface area (Å²) in [7, 11) is 0. The molecule has 10 heteroatoms. The summed E-state index contributed by atoms with van der Waals surface area (Å²) in [4.78, 5) is 22.8. The van der Waals surface area contributed by atoms with Gasteiger partial charge in [0, 0.05) is 17.6 Å². The van der Waals surface area contributed by atoms with E-state index in [2.05, 4.69) is 36.1 Å². The summed E-state index contributed by atoms with van der Waals surface area (Å²) in [6, 6.07) is 3.37. The fourth-order valence-corrected chi connectivity index (χ4v) is 4.07. The van der Waals surface area contributed by atoms with Gasteiger partial charge in [0.15, 0.2) is 5.52 Å². The van der Waals surface area contributed by atoms with Gasteiger partial charge < -0.3 is 4.90 Å². The molecule has 0 atom stereocenters. The highest BCUT2D eigenvalue weighted by molar-refractivity contribution is 9.10. The van der Waals surface area contributed by atoms with Crippen molar-refractivity contribution in [2.45, 2.75) is 12.8 Å². The second-order valence-electron chi connectivity index (χ2n) is 5.46. The van der Waals surface area contributed by atoms with Crippen LogP contribution in [0.25, 0.3) is 16.9 Å². The van der Waals surface area contributed by atoms with Crippen LogP contribution < -0.4 is 10.5 Å². The Balaban J connectivity index is 1.87. The van der Waals surface area contributed by atoms with Crippen LogP contribution in [0.4, 0.5) is 5.95 Å². The molecule has 0 unspecified atom stereocenters. The van der Waals surface area contributed by atoms with Gasteiger partial charge >= 0.3 is 0 Å². The Morgan fingerprint density at radius 2 is 1.79 bits per heavy atom. The quantitative estimate of drug-likeness (QED) is 0.676. The number of H-pyrrole nitrogens is 1. The van der Waals surface area contributed by atoms with Crippen LogP contribution in [-0.2, 0) is 0 Å². The molecule has 1 N–H and O–H groups in total. The normalized spacial score (nSPS) is 14.7. The lowest BCUT2D eigenvalue weighted by Crippen LogP contribution is -2.23. The highest BCUT2D eigenvalue weighted by atomic mass is 79.9. The fraction of sp³-hybridized carbons (Fsp3) is 0.286. The van der Waals surface area contributed by atoms with Crippen LogP contribution >= 0.6 is 39.1 Å². The SMILES string of the molecule is O=c1[nH]c(N2CCCC2)nc2nn(-c3c(Cl)cc(Br)cc3Cl)nc12. The molecule has 7 nitrogen and oxygen atoms in total. The van der Waals surface area contributed by atoms with E-state index < -0.39 is 0 Å². The van der Waals surface area contributed by atoms with Crippen LogP contribution in [0, 0.1) is 0 Å². The molecular weight excluding hydrogens is 419 g/mol. The first-order valence-electron chi connectivity index (χ1n) is 7.30. The molecule has 0 radical (unpaired) electrons. The minimum Gasteiger partial charge on any atom is -0.342 e. The molecule has 24 heavy (non-hydrogen) atoms. The van der Waals surface area contributed by atoms with Crippen molar-refractivity contribution in [3.63, 3.8) is 0 Å². The largest absolute Gasteiger partial charge is 0.342 e. The number of fused-ring (bicyclic) bond motifs is 1. The van der Waals surface area contributed by atoms with E-state index in [9.17, 15) is 4.79 Å². The van der Waals surface area contributed by atoms with Crippen molar-refractivity contribution >= 4 is 56.2 Å². The highest BCUT2D eigenvalue weighted by Crippen LogP contribution is 2.31. The number of anilines is 1. The van der Waals surface area contributed by atoms with Gasteiger partial charge in [0.2, 0.25) is 11.6 Å². The van der Waals surface area contributed by atoms with Crippen molar-refractivity contribution in [1.29, 1.82) is 0 Å². The summed E-state index contributed by atoms with van der Waals surface area (Å²) in [5, 5.41) is 9.22. The molecule has 3 aromatic rings. The van der Waals surface area contributed by atoms with Crippen LogP contribution in [-0.4, -0.2) is 38.1 Å². The molecular formula is C14H11BrCl2N6O. The summed E-state index contributed by atoms with van der Waals surface area (Å²) < 4.78 is 0.741. The maximum absolute atomic E-state index is 12.3. The van der Waals surface area contributed by atoms with E-state index in [0.29, 0.717) is 21.7 Å². The molecule has 124 valence electrons. The Labute approximate surface area is 154 Å². The average molecular weight is 430 g/mol. The summed E-state index contributed by atoms with van der Waals surface area (Å²) >= 11 is 15.8. The highest BCUT2D eigenvalue weighted by Gasteiger charge is 2.19. The first-order chi connectivity index (χ1) is 11.5. The minimum absolute atomic E-state index is 0.146. The van der Waals surface area contributed by atoms with Gasteiger partial charge in [-0.1, -0.05) is 39.1 Å². The molecule has 1 saturated heterocycles. The minimum atomic E-state index is -0.336. The van der Waals surface area contributed by atoms with Crippen LogP contribution in [0.15, 0.2) is 21.4 Å². The zero-order chi connectivity index (χ0) is 16.8. The Bertz CT molecular complexity index is 972. The predicted molar refractivity (Wildman–Crippen MR) is 96.4 cm³/mol. The lowest BCUT2D eigenvalue weighted by molar-refractivity contribution is 0.763. The van der Waals surface area contributed by atoms with Gasteiger partial charge in [-0.25, -0.2) is 0 Å². The van der Waals surface area contributed by atoms with Crippen molar-refractivity contribution in [2.24, 2.45) is 0 Å². The molecule has 3 heterocycles. The van der Waals surface area contributed by atoms with Crippen LogP contribution in [0.3, 0.4) is 0 Å². The second-order valence-corrected chi connectivity index (χ2v) is 7.19. The van der Waals surface area contributed by atoms with Crippen molar-refractivity contribution < 1.29 is 0 Å². The third-order valence-electron chi connectivity index (χ3n) is 3.84. The Morgan fingerprint density at radius 1 is 1.12 bits per heavy atom. The van der Waals surface area contributed by atoms with Gasteiger partial charge in [-0.15, -0.1) is 15.0 Å². The van der Waals surface area contributed by atoms with E-state index in [1.807, 2.05) is 4.90 Å². The smallest absolute Gasteiger partial charge is 0.282 e. The summed E-state index contributed by atoms with van der Waals surface area (Å²) in [5.41, 5.74) is 0.475. The van der Waals surface area contributed by atoms with E-state index >= 15 is 0 Å². The number of hydrogen-bond acceptors (Lipinski definition) is 5. The van der Waals surface area contributed by atoms with Gasteiger partial charge in [-0.3, -0.25) is 9.78 Å². The third-order valence-corrected chi connectivity index (χ3v) is 4.87. The molecule has 0 spiro atoms. The van der Waals surface area contributed by atoms with Crippen LogP contribution in [0.5, 0.6) is 0 Å². The Morgan fingerprint density at radius 3 is 2.46 bits per heavy atom. The summed E-state index contributed by atoms with van der Waals surface area (Å²) in [6.07, 6.45) is 2.16. The number of hydrogen-bond donors (Lipinski definition) is 1. The van der Waals surface area contributed by atoms with Crippen molar-refractivity contribution in [2.75, 3.05) is 18.0 Å². The van der Waals surface area contributed by atoms with E-state index in [1.54, 1.807) is 12.1 Å². The third kappa shape index (κ3) is 2.68. The number of aromatic amines is 1. The maximum atomic E-state index is 12.3. The van der Waals surface area contributed by atoms with E-state index in [4.69, 9.17) is 23.2 Å². The van der Waals surface area contributed by atoms with E-state index in [-0.39, 0.29) is 16.7 Å². The number of nitrogens with one attached hydrogen (secondary N) is 1. The van der Waals surface area contributed by atoms with Crippen LogP contribution in [0.1, 0.15) is 12.8 Å². The molecule has 0 bridgehead atoms. The van der Waals surface area contributed by atoms with Crippen LogP contribution in [0.2, 0.25) is 10.0 Å². The molecule has 1 aliphatic heterocycles. The number of nitrogens with zero attached hydrogens (tertiary/aromatic N) is 5. The lowest BCUT2D eigenvalue weighted by Gasteiger charge is -2.14.